The van der Waals surface area contributed by atoms with E-state index in [1.54, 1.807) is 19.4 Å². The van der Waals surface area contributed by atoms with Gasteiger partial charge in [-0.25, -0.2) is 4.98 Å². The van der Waals surface area contributed by atoms with Gasteiger partial charge in [0.05, 0.1) is 7.11 Å². The number of hydrogen-bond donors (Lipinski definition) is 1. The van der Waals surface area contributed by atoms with Gasteiger partial charge in [-0.1, -0.05) is 12.2 Å². The average Bonchev–Trinajstić information content (AvgIpc) is 3.09. The molecule has 0 spiro atoms. The van der Waals surface area contributed by atoms with Gasteiger partial charge in [0.15, 0.2) is 0 Å². The molecule has 3 heterocycles. The number of carbonyl (C=O) groups is 1. The van der Waals surface area contributed by atoms with E-state index in [0.29, 0.717) is 24.9 Å². The van der Waals surface area contributed by atoms with Crippen LogP contribution in [0.2, 0.25) is 0 Å². The Kier molecular flexibility index (Phi) is 4.01. The SMILES string of the molecule is COc1ccnc(N2CCN(C(=O)[C@H]3C=CCN3)CC2)n1. The van der Waals surface area contributed by atoms with E-state index < -0.39 is 0 Å². The molecule has 7 heteroatoms. The van der Waals surface area contributed by atoms with Crippen molar-refractivity contribution in [2.75, 3.05) is 44.7 Å². The van der Waals surface area contributed by atoms with Gasteiger partial charge in [-0.2, -0.15) is 4.98 Å². The molecule has 21 heavy (non-hydrogen) atoms. The van der Waals surface area contributed by atoms with Crippen molar-refractivity contribution in [2.24, 2.45) is 0 Å². The summed E-state index contributed by atoms with van der Waals surface area (Å²) < 4.78 is 5.11. The second-order valence-electron chi connectivity index (χ2n) is 5.03. The van der Waals surface area contributed by atoms with E-state index in [0.717, 1.165) is 19.6 Å². The van der Waals surface area contributed by atoms with Crippen LogP contribution in [0.3, 0.4) is 0 Å². The maximum absolute atomic E-state index is 12.3. The monoisotopic (exact) mass is 289 g/mol. The summed E-state index contributed by atoms with van der Waals surface area (Å²) in [6.07, 6.45) is 5.61. The van der Waals surface area contributed by atoms with Crippen molar-refractivity contribution in [1.29, 1.82) is 0 Å². The molecule has 1 saturated heterocycles. The normalized spacial score (nSPS) is 21.7. The van der Waals surface area contributed by atoms with Crippen LogP contribution in [0.15, 0.2) is 24.4 Å². The van der Waals surface area contributed by atoms with Crippen LogP contribution in [0.4, 0.5) is 5.95 Å². The molecule has 1 atom stereocenters. The Balaban J connectivity index is 1.59. The molecule has 1 fully saturated rings. The molecule has 1 aromatic rings. The van der Waals surface area contributed by atoms with Crippen molar-refractivity contribution >= 4 is 11.9 Å². The molecule has 0 saturated carbocycles. The molecule has 1 aromatic heterocycles. The van der Waals surface area contributed by atoms with Gasteiger partial charge < -0.3 is 14.5 Å². The molecule has 2 aliphatic heterocycles. The molecular weight excluding hydrogens is 270 g/mol. The Hall–Kier alpha value is -2.15. The molecule has 1 amide bonds. The number of rotatable bonds is 3. The lowest BCUT2D eigenvalue weighted by molar-refractivity contribution is -0.132. The van der Waals surface area contributed by atoms with Crippen LogP contribution >= 0.6 is 0 Å². The quantitative estimate of drug-likeness (QED) is 0.768. The number of carbonyl (C=O) groups excluding carboxylic acids is 1. The highest BCUT2D eigenvalue weighted by Gasteiger charge is 2.27. The predicted octanol–water partition coefficient (Wildman–Crippen LogP) is -0.338. The largest absolute Gasteiger partial charge is 0.481 e. The number of amides is 1. The van der Waals surface area contributed by atoms with Crippen LogP contribution in [0.5, 0.6) is 5.88 Å². The van der Waals surface area contributed by atoms with E-state index in [1.165, 1.54) is 0 Å². The molecule has 112 valence electrons. The maximum Gasteiger partial charge on any atom is 0.243 e. The van der Waals surface area contributed by atoms with Crippen molar-refractivity contribution in [1.82, 2.24) is 20.2 Å². The van der Waals surface area contributed by atoms with Crippen LogP contribution in [0, 0.1) is 0 Å². The fraction of sp³-hybridized carbons (Fsp3) is 0.500. The average molecular weight is 289 g/mol. The van der Waals surface area contributed by atoms with Crippen LogP contribution in [-0.2, 0) is 4.79 Å². The van der Waals surface area contributed by atoms with Crippen LogP contribution in [-0.4, -0.2) is 66.7 Å². The van der Waals surface area contributed by atoms with E-state index in [9.17, 15) is 4.79 Å². The molecule has 7 nitrogen and oxygen atoms in total. The molecule has 0 aromatic carbocycles. The van der Waals surface area contributed by atoms with Gasteiger partial charge in [-0.15, -0.1) is 0 Å². The zero-order valence-electron chi connectivity index (χ0n) is 12.0. The van der Waals surface area contributed by atoms with Crippen molar-refractivity contribution in [3.05, 3.63) is 24.4 Å². The summed E-state index contributed by atoms with van der Waals surface area (Å²) >= 11 is 0. The molecule has 1 N–H and O–H groups in total. The number of ether oxygens (including phenoxy) is 1. The van der Waals surface area contributed by atoms with Gasteiger partial charge in [0.1, 0.15) is 6.04 Å². The zero-order valence-corrected chi connectivity index (χ0v) is 12.0. The highest BCUT2D eigenvalue weighted by Crippen LogP contribution is 2.15. The lowest BCUT2D eigenvalue weighted by atomic mass is 10.2. The third-order valence-corrected chi connectivity index (χ3v) is 3.75. The standard InChI is InChI=1S/C14H19N5O2/c1-21-12-4-6-16-14(17-12)19-9-7-18(8-10-19)13(20)11-3-2-5-15-11/h2-4,6,11,15H,5,7-10H2,1H3/t11-/m1/s1. The molecule has 0 radical (unpaired) electrons. The first-order valence-corrected chi connectivity index (χ1v) is 7.09. The van der Waals surface area contributed by atoms with Crippen molar-refractivity contribution in [3.8, 4) is 5.88 Å². The van der Waals surface area contributed by atoms with Crippen LogP contribution < -0.4 is 15.0 Å². The van der Waals surface area contributed by atoms with Crippen LogP contribution in [0.1, 0.15) is 0 Å². The Bertz CT molecular complexity index is 540. The van der Waals surface area contributed by atoms with Gasteiger partial charge in [0.2, 0.25) is 17.7 Å². The topological polar surface area (TPSA) is 70.6 Å². The highest BCUT2D eigenvalue weighted by molar-refractivity contribution is 5.84. The highest BCUT2D eigenvalue weighted by atomic mass is 16.5. The fourth-order valence-corrected chi connectivity index (χ4v) is 2.56. The summed E-state index contributed by atoms with van der Waals surface area (Å²) in [5.41, 5.74) is 0. The first-order chi connectivity index (χ1) is 10.3. The van der Waals surface area contributed by atoms with E-state index >= 15 is 0 Å². The van der Waals surface area contributed by atoms with Crippen molar-refractivity contribution in [3.63, 3.8) is 0 Å². The predicted molar refractivity (Wildman–Crippen MR) is 78.3 cm³/mol. The van der Waals surface area contributed by atoms with E-state index in [2.05, 4.69) is 20.2 Å². The molecule has 0 aliphatic carbocycles. The minimum absolute atomic E-state index is 0.148. The second-order valence-corrected chi connectivity index (χ2v) is 5.03. The fourth-order valence-electron chi connectivity index (χ4n) is 2.56. The summed E-state index contributed by atoms with van der Waals surface area (Å²) in [6, 6.07) is 1.56. The number of nitrogens with one attached hydrogen (secondary N) is 1. The lowest BCUT2D eigenvalue weighted by Crippen LogP contribution is -2.53. The number of nitrogens with zero attached hydrogens (tertiary/aromatic N) is 4. The maximum atomic E-state index is 12.3. The Morgan fingerprint density at radius 1 is 1.38 bits per heavy atom. The third-order valence-electron chi connectivity index (χ3n) is 3.75. The Morgan fingerprint density at radius 3 is 2.86 bits per heavy atom. The second kappa shape index (κ2) is 6.09. The zero-order chi connectivity index (χ0) is 14.7. The molecule has 2 aliphatic rings. The molecule has 0 unspecified atom stereocenters. The van der Waals surface area contributed by atoms with Gasteiger partial charge in [0, 0.05) is 45.0 Å². The molecule has 0 bridgehead atoms. The van der Waals surface area contributed by atoms with Gasteiger partial charge >= 0.3 is 0 Å². The number of piperazine rings is 1. The van der Waals surface area contributed by atoms with E-state index in [4.69, 9.17) is 4.74 Å². The minimum atomic E-state index is -0.162. The Morgan fingerprint density at radius 2 is 2.19 bits per heavy atom. The summed E-state index contributed by atoms with van der Waals surface area (Å²) in [7, 11) is 1.59. The molecular formula is C14H19N5O2. The number of anilines is 1. The van der Waals surface area contributed by atoms with Gasteiger partial charge in [-0.05, 0) is 0 Å². The van der Waals surface area contributed by atoms with Crippen LogP contribution in [0.25, 0.3) is 0 Å². The van der Waals surface area contributed by atoms with Crippen molar-refractivity contribution < 1.29 is 9.53 Å². The summed E-state index contributed by atoms with van der Waals surface area (Å²) in [6.45, 7) is 3.61. The third kappa shape index (κ3) is 2.97. The Labute approximate surface area is 123 Å². The van der Waals surface area contributed by atoms with Crippen molar-refractivity contribution in [2.45, 2.75) is 6.04 Å². The van der Waals surface area contributed by atoms with Gasteiger partial charge in [-0.3, -0.25) is 10.1 Å². The summed E-state index contributed by atoms with van der Waals surface area (Å²) in [5.74, 6) is 1.36. The first-order valence-electron chi connectivity index (χ1n) is 7.09. The smallest absolute Gasteiger partial charge is 0.243 e. The van der Waals surface area contributed by atoms with E-state index in [1.807, 2.05) is 17.1 Å². The number of aromatic nitrogens is 2. The first kappa shape index (κ1) is 13.8. The lowest BCUT2D eigenvalue weighted by Gasteiger charge is -2.35. The van der Waals surface area contributed by atoms with E-state index in [-0.39, 0.29) is 11.9 Å². The molecule has 3 rings (SSSR count). The summed E-state index contributed by atoms with van der Waals surface area (Å²) in [5, 5.41) is 3.15. The minimum Gasteiger partial charge on any atom is -0.481 e. The number of methoxy groups -OCH3 is 1. The summed E-state index contributed by atoms with van der Waals surface area (Å²) in [4.78, 5) is 24.8. The van der Waals surface area contributed by atoms with Gasteiger partial charge in [0.25, 0.3) is 0 Å². The number of hydrogen-bond acceptors (Lipinski definition) is 6.